The number of rotatable bonds is 5. The summed E-state index contributed by atoms with van der Waals surface area (Å²) >= 11 is 6.25. The van der Waals surface area contributed by atoms with E-state index in [0.29, 0.717) is 17.4 Å². The molecule has 2 aromatic carbocycles. The van der Waals surface area contributed by atoms with Crippen LogP contribution in [-0.2, 0) is 9.53 Å². The van der Waals surface area contributed by atoms with Gasteiger partial charge in [-0.3, -0.25) is 4.79 Å². The van der Waals surface area contributed by atoms with Gasteiger partial charge in [-0.25, -0.2) is 18.3 Å². The van der Waals surface area contributed by atoms with Crippen molar-refractivity contribution in [2.45, 2.75) is 6.92 Å². The molecule has 0 aliphatic carbocycles. The second-order valence-electron chi connectivity index (χ2n) is 5.78. The molecule has 0 radical (unpaired) electrons. The monoisotopic (exact) mass is 405 g/mol. The Bertz CT molecular complexity index is 1020. The Morgan fingerprint density at radius 1 is 1.14 bits per heavy atom. The third kappa shape index (κ3) is 4.34. The van der Waals surface area contributed by atoms with Crippen molar-refractivity contribution in [2.24, 2.45) is 0 Å². The zero-order chi connectivity index (χ0) is 20.3. The number of nitrogens with one attached hydrogen (secondary N) is 1. The van der Waals surface area contributed by atoms with E-state index < -0.39 is 30.1 Å². The number of nitrogens with zero attached hydrogens (tertiary/aromatic N) is 2. The molecule has 0 atom stereocenters. The highest BCUT2D eigenvalue weighted by Crippen LogP contribution is 2.24. The van der Waals surface area contributed by atoms with Gasteiger partial charge in [0.1, 0.15) is 22.4 Å². The Morgan fingerprint density at radius 2 is 1.79 bits per heavy atom. The van der Waals surface area contributed by atoms with Gasteiger partial charge in [0.15, 0.2) is 6.61 Å². The van der Waals surface area contributed by atoms with Crippen LogP contribution >= 0.6 is 11.6 Å². The maximum atomic E-state index is 13.1. The maximum absolute atomic E-state index is 13.1. The number of esters is 1. The predicted molar refractivity (Wildman–Crippen MR) is 98.6 cm³/mol. The Kier molecular flexibility index (Phi) is 5.70. The highest BCUT2D eigenvalue weighted by atomic mass is 35.5. The molecule has 1 amide bonds. The molecule has 1 heterocycles. The minimum absolute atomic E-state index is 0.0233. The standard InChI is InChI=1S/C19H14ClF2N3O3/c1-11-17(18(20)25(24-11)15-5-3-2-4-6-15)19(27)28-10-16(26)23-14-8-12(21)7-13(22)9-14/h2-9H,10H2,1H3,(H,23,26). The lowest BCUT2D eigenvalue weighted by atomic mass is 10.2. The number of carbonyl (C=O) groups excluding carboxylic acids is 2. The third-order valence-corrected chi connectivity index (χ3v) is 4.04. The van der Waals surface area contributed by atoms with Crippen molar-refractivity contribution >= 4 is 29.2 Å². The minimum atomic E-state index is -0.844. The van der Waals surface area contributed by atoms with Crippen LogP contribution in [0, 0.1) is 18.6 Å². The molecule has 28 heavy (non-hydrogen) atoms. The Hall–Kier alpha value is -3.26. The van der Waals surface area contributed by atoms with E-state index in [1.54, 1.807) is 31.2 Å². The first kappa shape index (κ1) is 19.5. The summed E-state index contributed by atoms with van der Waals surface area (Å²) in [5.74, 6) is -3.29. The molecule has 0 aliphatic rings. The second-order valence-corrected chi connectivity index (χ2v) is 6.14. The van der Waals surface area contributed by atoms with Crippen LogP contribution < -0.4 is 5.32 Å². The van der Waals surface area contributed by atoms with E-state index in [2.05, 4.69) is 10.4 Å². The van der Waals surface area contributed by atoms with Gasteiger partial charge >= 0.3 is 5.97 Å². The molecule has 1 N–H and O–H groups in total. The van der Waals surface area contributed by atoms with Crippen molar-refractivity contribution in [3.05, 3.63) is 76.6 Å². The SMILES string of the molecule is Cc1nn(-c2ccccc2)c(Cl)c1C(=O)OCC(=O)Nc1cc(F)cc(F)c1. The lowest BCUT2D eigenvalue weighted by Crippen LogP contribution is -2.21. The summed E-state index contributed by atoms with van der Waals surface area (Å²) in [4.78, 5) is 24.2. The summed E-state index contributed by atoms with van der Waals surface area (Å²) in [6, 6.07) is 11.5. The van der Waals surface area contributed by atoms with Gasteiger partial charge in [-0.15, -0.1) is 0 Å². The number of aryl methyl sites for hydroxylation is 1. The highest BCUT2D eigenvalue weighted by molar-refractivity contribution is 6.33. The summed E-state index contributed by atoms with van der Waals surface area (Å²) in [5, 5.41) is 6.50. The number of anilines is 1. The van der Waals surface area contributed by atoms with E-state index in [1.807, 2.05) is 6.07 Å². The molecule has 0 saturated carbocycles. The van der Waals surface area contributed by atoms with Gasteiger partial charge in [0.25, 0.3) is 5.91 Å². The highest BCUT2D eigenvalue weighted by Gasteiger charge is 2.23. The number of halogens is 3. The van der Waals surface area contributed by atoms with Crippen LogP contribution in [0.5, 0.6) is 0 Å². The molecule has 0 spiro atoms. The summed E-state index contributed by atoms with van der Waals surface area (Å²) in [6.45, 7) is 0.917. The fourth-order valence-corrected chi connectivity index (χ4v) is 2.85. The van der Waals surface area contributed by atoms with Crippen LogP contribution in [0.3, 0.4) is 0 Å². The molecule has 3 aromatic rings. The zero-order valence-corrected chi connectivity index (χ0v) is 15.3. The first-order valence-corrected chi connectivity index (χ1v) is 8.46. The van der Waals surface area contributed by atoms with Gasteiger partial charge in [0, 0.05) is 11.8 Å². The number of hydrogen-bond donors (Lipinski definition) is 1. The van der Waals surface area contributed by atoms with Crippen molar-refractivity contribution in [1.29, 1.82) is 0 Å². The van der Waals surface area contributed by atoms with E-state index in [9.17, 15) is 18.4 Å². The van der Waals surface area contributed by atoms with Gasteiger partial charge in [-0.05, 0) is 31.2 Å². The second kappa shape index (κ2) is 8.18. The molecule has 0 unspecified atom stereocenters. The topological polar surface area (TPSA) is 73.2 Å². The molecule has 0 saturated heterocycles. The smallest absolute Gasteiger partial charge is 0.343 e. The lowest BCUT2D eigenvalue weighted by molar-refractivity contribution is -0.119. The van der Waals surface area contributed by atoms with Crippen molar-refractivity contribution in [2.75, 3.05) is 11.9 Å². The van der Waals surface area contributed by atoms with Crippen LogP contribution in [0.2, 0.25) is 5.15 Å². The number of para-hydroxylation sites is 1. The molecule has 0 aliphatic heterocycles. The Balaban J connectivity index is 1.68. The van der Waals surface area contributed by atoms with Gasteiger partial charge in [-0.2, -0.15) is 5.10 Å². The molecular formula is C19H14ClF2N3O3. The molecule has 1 aromatic heterocycles. The Morgan fingerprint density at radius 3 is 2.43 bits per heavy atom. The first-order chi connectivity index (χ1) is 13.3. The molecule has 0 fully saturated rings. The number of hydrogen-bond acceptors (Lipinski definition) is 4. The van der Waals surface area contributed by atoms with Crippen molar-refractivity contribution in [1.82, 2.24) is 9.78 Å². The number of aromatic nitrogens is 2. The minimum Gasteiger partial charge on any atom is -0.452 e. The van der Waals surface area contributed by atoms with E-state index in [1.165, 1.54) is 4.68 Å². The van der Waals surface area contributed by atoms with E-state index >= 15 is 0 Å². The van der Waals surface area contributed by atoms with Gasteiger partial charge < -0.3 is 10.1 Å². The van der Waals surface area contributed by atoms with Crippen LogP contribution in [0.4, 0.5) is 14.5 Å². The fourth-order valence-electron chi connectivity index (χ4n) is 2.50. The van der Waals surface area contributed by atoms with Crippen LogP contribution in [0.25, 0.3) is 5.69 Å². The molecule has 0 bridgehead atoms. The van der Waals surface area contributed by atoms with Crippen molar-refractivity contribution in [3.8, 4) is 5.69 Å². The van der Waals surface area contributed by atoms with E-state index in [4.69, 9.17) is 16.3 Å². The maximum Gasteiger partial charge on any atom is 0.343 e. The largest absolute Gasteiger partial charge is 0.452 e. The quantitative estimate of drug-likeness (QED) is 0.653. The van der Waals surface area contributed by atoms with E-state index in [-0.39, 0.29) is 16.4 Å². The zero-order valence-electron chi connectivity index (χ0n) is 14.6. The summed E-state index contributed by atoms with van der Waals surface area (Å²) < 4.78 is 32.6. The van der Waals surface area contributed by atoms with Crippen molar-refractivity contribution < 1.29 is 23.1 Å². The van der Waals surface area contributed by atoms with Crippen LogP contribution in [0.15, 0.2) is 48.5 Å². The van der Waals surface area contributed by atoms with Gasteiger partial charge in [-0.1, -0.05) is 29.8 Å². The first-order valence-electron chi connectivity index (χ1n) is 8.09. The van der Waals surface area contributed by atoms with Crippen LogP contribution in [-0.4, -0.2) is 28.3 Å². The Labute approximate surface area is 163 Å². The molecule has 9 heteroatoms. The summed E-state index contributed by atoms with van der Waals surface area (Å²) in [5.41, 5.74) is 0.909. The summed E-state index contributed by atoms with van der Waals surface area (Å²) in [6.07, 6.45) is 0. The lowest BCUT2D eigenvalue weighted by Gasteiger charge is -2.07. The average molecular weight is 406 g/mol. The fraction of sp³-hybridized carbons (Fsp3) is 0.105. The van der Waals surface area contributed by atoms with Crippen molar-refractivity contribution in [3.63, 3.8) is 0 Å². The van der Waals surface area contributed by atoms with Gasteiger partial charge in [0.2, 0.25) is 0 Å². The normalized spacial score (nSPS) is 10.6. The number of carbonyl (C=O) groups is 2. The molecular weight excluding hydrogens is 392 g/mol. The van der Waals surface area contributed by atoms with E-state index in [0.717, 1.165) is 12.1 Å². The van der Waals surface area contributed by atoms with Crippen LogP contribution in [0.1, 0.15) is 16.1 Å². The summed E-state index contributed by atoms with van der Waals surface area (Å²) in [7, 11) is 0. The third-order valence-electron chi connectivity index (χ3n) is 3.69. The predicted octanol–water partition coefficient (Wildman–Crippen LogP) is 3.91. The number of ether oxygens (including phenoxy) is 1. The molecule has 144 valence electrons. The van der Waals surface area contributed by atoms with Gasteiger partial charge in [0.05, 0.1) is 11.4 Å². The number of amides is 1. The molecule has 3 rings (SSSR count). The number of benzene rings is 2. The average Bonchev–Trinajstić information content (AvgIpc) is 2.94. The molecule has 6 nitrogen and oxygen atoms in total.